The molecule has 2 rings (SSSR count). The molecule has 2 aromatic heterocycles. The molecule has 0 atom stereocenters. The second kappa shape index (κ2) is 6.30. The lowest BCUT2D eigenvalue weighted by molar-refractivity contribution is 0.0955. The van der Waals surface area contributed by atoms with E-state index < -0.39 is 0 Å². The van der Waals surface area contributed by atoms with Crippen LogP contribution >= 0.6 is 0 Å². The largest absolute Gasteiger partial charge is 0.465 e. The Morgan fingerprint density at radius 2 is 2.16 bits per heavy atom. The molecule has 2 aromatic rings. The van der Waals surface area contributed by atoms with Gasteiger partial charge in [0.2, 0.25) is 0 Å². The van der Waals surface area contributed by atoms with Crippen molar-refractivity contribution in [2.75, 3.05) is 0 Å². The predicted octanol–water partition coefficient (Wildman–Crippen LogP) is 2.49. The third-order valence-electron chi connectivity index (χ3n) is 2.29. The van der Waals surface area contributed by atoms with Gasteiger partial charge in [-0.3, -0.25) is 9.78 Å². The summed E-state index contributed by atoms with van der Waals surface area (Å²) < 4.78 is 5.17. The molecular weight excluding hydrogens is 242 g/mol. The number of carbonyl (C=O) groups excluding carboxylic acids is 1. The normalized spacial score (nSPS) is 11.7. The van der Waals surface area contributed by atoms with Gasteiger partial charge in [0.1, 0.15) is 5.76 Å². The molecule has 0 aliphatic rings. The number of amides is 1. The molecule has 0 aliphatic heterocycles. The molecule has 0 unspecified atom stereocenters. The number of nitrogens with zero attached hydrogens (tertiary/aromatic N) is 2. The summed E-state index contributed by atoms with van der Waals surface area (Å²) in [5.41, 5.74) is 3.82. The topological polar surface area (TPSA) is 67.5 Å². The predicted molar refractivity (Wildman–Crippen MR) is 72.6 cm³/mol. The van der Waals surface area contributed by atoms with Crippen molar-refractivity contribution in [2.24, 2.45) is 5.10 Å². The van der Waals surface area contributed by atoms with E-state index in [9.17, 15) is 4.79 Å². The van der Waals surface area contributed by atoms with Crippen molar-refractivity contribution in [1.29, 1.82) is 0 Å². The summed E-state index contributed by atoms with van der Waals surface area (Å²) in [7, 11) is 0. The number of hydrogen-bond donors (Lipinski definition) is 1. The van der Waals surface area contributed by atoms with Crippen LogP contribution < -0.4 is 5.43 Å². The molecule has 1 amide bonds. The minimum Gasteiger partial charge on any atom is -0.465 e. The monoisotopic (exact) mass is 255 g/mol. The maximum absolute atomic E-state index is 11.7. The van der Waals surface area contributed by atoms with Gasteiger partial charge in [-0.15, -0.1) is 0 Å². The maximum Gasteiger partial charge on any atom is 0.271 e. The summed E-state index contributed by atoms with van der Waals surface area (Å²) in [4.78, 5) is 15.5. The molecule has 19 heavy (non-hydrogen) atoms. The molecule has 0 aliphatic carbocycles. The van der Waals surface area contributed by atoms with E-state index in [0.29, 0.717) is 5.56 Å². The summed E-state index contributed by atoms with van der Waals surface area (Å²) in [5, 5.41) is 3.87. The van der Waals surface area contributed by atoms with Crippen molar-refractivity contribution >= 4 is 18.2 Å². The van der Waals surface area contributed by atoms with E-state index in [0.717, 1.165) is 11.3 Å². The number of aromatic nitrogens is 1. The van der Waals surface area contributed by atoms with E-state index in [2.05, 4.69) is 15.5 Å². The van der Waals surface area contributed by atoms with Crippen LogP contribution in [0.5, 0.6) is 0 Å². The number of allylic oxidation sites excluding steroid dienone is 1. The zero-order valence-corrected chi connectivity index (χ0v) is 10.4. The van der Waals surface area contributed by atoms with E-state index in [1.54, 1.807) is 37.0 Å². The molecule has 5 heteroatoms. The highest BCUT2D eigenvalue weighted by molar-refractivity contribution is 5.94. The number of nitrogens with one attached hydrogen (secondary N) is 1. The lowest BCUT2D eigenvalue weighted by Gasteiger charge is -1.98. The number of carbonyl (C=O) groups is 1. The number of hydrogen-bond acceptors (Lipinski definition) is 4. The summed E-state index contributed by atoms with van der Waals surface area (Å²) in [6, 6.07) is 6.89. The van der Waals surface area contributed by atoms with Crippen molar-refractivity contribution in [2.45, 2.75) is 6.92 Å². The molecule has 1 N–H and O–H groups in total. The Bertz CT molecular complexity index is 586. The molecule has 0 saturated carbocycles. The fourth-order valence-electron chi connectivity index (χ4n) is 1.40. The molecule has 5 nitrogen and oxygen atoms in total. The Labute approximate surface area is 110 Å². The quantitative estimate of drug-likeness (QED) is 0.674. The Kier molecular flexibility index (Phi) is 4.23. The zero-order chi connectivity index (χ0) is 13.5. The highest BCUT2D eigenvalue weighted by Crippen LogP contribution is 2.05. The summed E-state index contributed by atoms with van der Waals surface area (Å²) in [6.45, 7) is 1.87. The number of pyridine rings is 1. The van der Waals surface area contributed by atoms with E-state index in [4.69, 9.17) is 4.42 Å². The van der Waals surface area contributed by atoms with Gasteiger partial charge in [0.15, 0.2) is 0 Å². The minimum atomic E-state index is -0.274. The summed E-state index contributed by atoms with van der Waals surface area (Å²) in [6.07, 6.45) is 8.09. The summed E-state index contributed by atoms with van der Waals surface area (Å²) in [5.74, 6) is 0.467. The minimum absolute atomic E-state index is 0.274. The summed E-state index contributed by atoms with van der Waals surface area (Å²) >= 11 is 0. The van der Waals surface area contributed by atoms with Gasteiger partial charge >= 0.3 is 0 Å². The highest BCUT2D eigenvalue weighted by Gasteiger charge is 2.01. The van der Waals surface area contributed by atoms with E-state index in [-0.39, 0.29) is 5.91 Å². The Hall–Kier alpha value is -2.69. The molecule has 0 bridgehead atoms. The first-order chi connectivity index (χ1) is 9.25. The van der Waals surface area contributed by atoms with Gasteiger partial charge in [-0.1, -0.05) is 0 Å². The Balaban J connectivity index is 1.92. The molecule has 0 aromatic carbocycles. The van der Waals surface area contributed by atoms with Crippen molar-refractivity contribution in [3.05, 3.63) is 59.8 Å². The fourth-order valence-corrected chi connectivity index (χ4v) is 1.40. The molecule has 96 valence electrons. The molecule has 0 radical (unpaired) electrons. The Morgan fingerprint density at radius 1 is 1.37 bits per heavy atom. The van der Waals surface area contributed by atoms with E-state index in [1.165, 1.54) is 0 Å². The number of hydrazone groups is 1. The fraction of sp³-hybridized carbons (Fsp3) is 0.0714. The highest BCUT2D eigenvalue weighted by atomic mass is 16.3. The van der Waals surface area contributed by atoms with Crippen molar-refractivity contribution < 1.29 is 9.21 Å². The second-order valence-corrected chi connectivity index (χ2v) is 3.84. The number of furan rings is 1. The first kappa shape index (κ1) is 12.8. The van der Waals surface area contributed by atoms with Crippen LogP contribution in [0, 0.1) is 0 Å². The van der Waals surface area contributed by atoms with Gasteiger partial charge in [-0.25, -0.2) is 5.43 Å². The van der Waals surface area contributed by atoms with Gasteiger partial charge in [0.05, 0.1) is 12.5 Å². The van der Waals surface area contributed by atoms with E-state index in [1.807, 2.05) is 25.1 Å². The molecular formula is C14H13N3O2. The van der Waals surface area contributed by atoms with Crippen LogP contribution in [0.25, 0.3) is 6.08 Å². The van der Waals surface area contributed by atoms with E-state index >= 15 is 0 Å². The van der Waals surface area contributed by atoms with Crippen molar-refractivity contribution in [1.82, 2.24) is 10.4 Å². The first-order valence-electron chi connectivity index (χ1n) is 5.71. The van der Waals surface area contributed by atoms with Crippen LogP contribution in [-0.4, -0.2) is 17.1 Å². The van der Waals surface area contributed by atoms with Crippen LogP contribution in [0.2, 0.25) is 0 Å². The zero-order valence-electron chi connectivity index (χ0n) is 10.4. The molecule has 2 heterocycles. The lowest BCUT2D eigenvalue weighted by atomic mass is 10.2. The third kappa shape index (κ3) is 3.92. The second-order valence-electron chi connectivity index (χ2n) is 3.84. The van der Waals surface area contributed by atoms with Crippen LogP contribution in [0.3, 0.4) is 0 Å². The third-order valence-corrected chi connectivity index (χ3v) is 2.29. The Morgan fingerprint density at radius 3 is 2.84 bits per heavy atom. The lowest BCUT2D eigenvalue weighted by Crippen LogP contribution is -2.17. The molecule has 0 spiro atoms. The SMILES string of the molecule is C/C(C=NNC(=O)c1ccncc1)=C\c1ccco1. The van der Waals surface area contributed by atoms with Crippen molar-refractivity contribution in [3.63, 3.8) is 0 Å². The van der Waals surface area contributed by atoms with Gasteiger partial charge in [0.25, 0.3) is 5.91 Å². The van der Waals surface area contributed by atoms with Crippen LogP contribution in [0.15, 0.2) is 58.0 Å². The van der Waals surface area contributed by atoms with Gasteiger partial charge in [0, 0.05) is 18.0 Å². The van der Waals surface area contributed by atoms with Crippen molar-refractivity contribution in [3.8, 4) is 0 Å². The van der Waals surface area contributed by atoms with Crippen LogP contribution in [-0.2, 0) is 0 Å². The smallest absolute Gasteiger partial charge is 0.271 e. The number of rotatable bonds is 4. The average Bonchev–Trinajstić information content (AvgIpc) is 2.92. The maximum atomic E-state index is 11.7. The van der Waals surface area contributed by atoms with Crippen LogP contribution in [0.4, 0.5) is 0 Å². The van der Waals surface area contributed by atoms with Crippen LogP contribution in [0.1, 0.15) is 23.0 Å². The standard InChI is InChI=1S/C14H13N3O2/c1-11(9-13-3-2-8-19-13)10-16-17-14(18)12-4-6-15-7-5-12/h2-10H,1H3,(H,17,18)/b11-9+,16-10?. The average molecular weight is 255 g/mol. The first-order valence-corrected chi connectivity index (χ1v) is 5.71. The molecule has 0 fully saturated rings. The van der Waals surface area contributed by atoms with Gasteiger partial charge in [-0.05, 0) is 42.8 Å². The van der Waals surface area contributed by atoms with Gasteiger partial charge < -0.3 is 4.42 Å². The molecule has 0 saturated heterocycles. The van der Waals surface area contributed by atoms with Gasteiger partial charge in [-0.2, -0.15) is 5.10 Å².